The minimum Gasteiger partial charge on any atom is -0.335 e. The minimum atomic E-state index is -4.38. The molecule has 0 aliphatic heterocycles. The van der Waals surface area contributed by atoms with Crippen LogP contribution in [0.4, 0.5) is 17.6 Å². The van der Waals surface area contributed by atoms with Crippen molar-refractivity contribution in [2.75, 3.05) is 0 Å². The summed E-state index contributed by atoms with van der Waals surface area (Å²) in [6.45, 7) is -1.22. The lowest BCUT2D eigenvalue weighted by Crippen LogP contribution is -2.16. The Labute approximate surface area is 96.0 Å². The number of aromatic nitrogens is 2. The van der Waals surface area contributed by atoms with Crippen LogP contribution in [0, 0.1) is 5.82 Å². The van der Waals surface area contributed by atoms with Crippen molar-refractivity contribution in [1.29, 1.82) is 0 Å². The second kappa shape index (κ2) is 3.73. The van der Waals surface area contributed by atoms with E-state index < -0.39 is 18.5 Å². The first-order chi connectivity index (χ1) is 7.37. The van der Waals surface area contributed by atoms with E-state index in [0.29, 0.717) is 4.60 Å². The summed E-state index contributed by atoms with van der Waals surface area (Å²) in [6, 6.07) is 1.35. The van der Waals surface area contributed by atoms with Gasteiger partial charge in [-0.15, -0.1) is 0 Å². The number of hydrogen-bond donors (Lipinski definition) is 0. The van der Waals surface area contributed by atoms with Crippen LogP contribution in [0.1, 0.15) is 0 Å². The number of pyridine rings is 1. The van der Waals surface area contributed by atoms with Crippen LogP contribution in [0.3, 0.4) is 0 Å². The third-order valence-corrected chi connectivity index (χ3v) is 2.47. The maximum absolute atomic E-state index is 13.3. The lowest BCUT2D eigenvalue weighted by Gasteiger charge is -2.08. The van der Waals surface area contributed by atoms with Crippen LogP contribution in [-0.4, -0.2) is 15.7 Å². The van der Waals surface area contributed by atoms with Gasteiger partial charge in [-0.2, -0.15) is 13.2 Å². The van der Waals surface area contributed by atoms with Crippen molar-refractivity contribution >= 4 is 26.8 Å². The molecule has 86 valence electrons. The Morgan fingerprint density at radius 1 is 1.38 bits per heavy atom. The maximum atomic E-state index is 13.3. The summed E-state index contributed by atoms with van der Waals surface area (Å²) in [4.78, 5) is 3.76. The number of alkyl halides is 3. The Morgan fingerprint density at radius 3 is 2.69 bits per heavy atom. The molecule has 2 rings (SSSR count). The smallest absolute Gasteiger partial charge is 0.335 e. The molecular weight excluding hydrogens is 292 g/mol. The third kappa shape index (κ3) is 2.18. The van der Waals surface area contributed by atoms with Crippen molar-refractivity contribution in [3.63, 3.8) is 0 Å². The molecule has 16 heavy (non-hydrogen) atoms. The molecule has 0 aliphatic carbocycles. The van der Waals surface area contributed by atoms with Gasteiger partial charge in [0, 0.05) is 12.4 Å². The van der Waals surface area contributed by atoms with Crippen molar-refractivity contribution in [2.45, 2.75) is 12.7 Å². The van der Waals surface area contributed by atoms with Crippen LogP contribution >= 0.6 is 15.9 Å². The van der Waals surface area contributed by atoms with Crippen LogP contribution in [-0.2, 0) is 6.54 Å². The predicted octanol–water partition coefficient (Wildman–Crippen LogP) is 3.50. The zero-order valence-electron chi connectivity index (χ0n) is 7.72. The summed E-state index contributed by atoms with van der Waals surface area (Å²) < 4.78 is 51.1. The van der Waals surface area contributed by atoms with E-state index in [9.17, 15) is 17.6 Å². The molecule has 2 nitrogen and oxygen atoms in total. The molecule has 0 bridgehead atoms. The molecule has 0 unspecified atom stereocenters. The van der Waals surface area contributed by atoms with Crippen LogP contribution in [0.15, 0.2) is 23.1 Å². The molecule has 0 radical (unpaired) electrons. The van der Waals surface area contributed by atoms with Crippen molar-refractivity contribution in [2.24, 2.45) is 0 Å². The minimum absolute atomic E-state index is 0.0763. The lowest BCUT2D eigenvalue weighted by atomic mass is 10.3. The van der Waals surface area contributed by atoms with E-state index >= 15 is 0 Å². The summed E-state index contributed by atoms with van der Waals surface area (Å²) in [5.74, 6) is -0.709. The van der Waals surface area contributed by atoms with E-state index in [1.54, 1.807) is 0 Å². The normalized spacial score (nSPS) is 12.3. The fourth-order valence-electron chi connectivity index (χ4n) is 1.44. The number of nitrogens with zero attached hydrogens (tertiary/aromatic N) is 2. The fraction of sp³-hybridized carbons (Fsp3) is 0.222. The monoisotopic (exact) mass is 296 g/mol. The third-order valence-electron chi connectivity index (χ3n) is 2.03. The second-order valence-electron chi connectivity index (χ2n) is 3.24. The summed E-state index contributed by atoms with van der Waals surface area (Å²) in [5, 5.41) is 0.0763. The highest BCUT2D eigenvalue weighted by Crippen LogP contribution is 2.26. The average molecular weight is 297 g/mol. The van der Waals surface area contributed by atoms with Gasteiger partial charge in [-0.3, -0.25) is 0 Å². The number of halogens is 5. The Morgan fingerprint density at radius 2 is 2.06 bits per heavy atom. The quantitative estimate of drug-likeness (QED) is 0.582. The molecular formula is C9H5BrF4N2. The van der Waals surface area contributed by atoms with Gasteiger partial charge in [-0.1, -0.05) is 0 Å². The molecule has 0 atom stereocenters. The summed E-state index contributed by atoms with van der Waals surface area (Å²) in [6.07, 6.45) is -2.36. The highest BCUT2D eigenvalue weighted by molar-refractivity contribution is 9.10. The highest BCUT2D eigenvalue weighted by Gasteiger charge is 2.29. The largest absolute Gasteiger partial charge is 0.406 e. The maximum Gasteiger partial charge on any atom is 0.406 e. The van der Waals surface area contributed by atoms with Gasteiger partial charge in [0.1, 0.15) is 17.0 Å². The van der Waals surface area contributed by atoms with Crippen molar-refractivity contribution in [3.8, 4) is 0 Å². The number of hydrogen-bond acceptors (Lipinski definition) is 1. The number of fused-ring (bicyclic) bond motifs is 1. The first kappa shape index (κ1) is 11.4. The lowest BCUT2D eigenvalue weighted by molar-refractivity contribution is -0.139. The molecule has 2 aromatic rings. The Hall–Kier alpha value is -1.11. The first-order valence-electron chi connectivity index (χ1n) is 4.23. The van der Waals surface area contributed by atoms with Gasteiger partial charge in [0.25, 0.3) is 0 Å². The molecule has 0 amide bonds. The van der Waals surface area contributed by atoms with Crippen LogP contribution in [0.5, 0.6) is 0 Å². The Bertz CT molecular complexity index is 532. The SMILES string of the molecule is Fc1cn(CC(F)(F)F)c2cc(Br)ncc12. The molecule has 7 heteroatoms. The molecule has 0 saturated carbocycles. The van der Waals surface area contributed by atoms with E-state index in [1.807, 2.05) is 0 Å². The Balaban J connectivity index is 2.57. The summed E-state index contributed by atoms with van der Waals surface area (Å²) in [7, 11) is 0. The molecule has 0 N–H and O–H groups in total. The summed E-state index contributed by atoms with van der Waals surface area (Å²) in [5.41, 5.74) is 0.164. The van der Waals surface area contributed by atoms with Gasteiger partial charge in [-0.05, 0) is 22.0 Å². The van der Waals surface area contributed by atoms with Crippen molar-refractivity contribution < 1.29 is 17.6 Å². The summed E-state index contributed by atoms with van der Waals surface area (Å²) >= 11 is 3.03. The highest BCUT2D eigenvalue weighted by atomic mass is 79.9. The van der Waals surface area contributed by atoms with E-state index in [4.69, 9.17) is 0 Å². The fourth-order valence-corrected chi connectivity index (χ4v) is 1.76. The van der Waals surface area contributed by atoms with Crippen LogP contribution in [0.25, 0.3) is 10.9 Å². The molecule has 0 aromatic carbocycles. The predicted molar refractivity (Wildman–Crippen MR) is 53.4 cm³/mol. The first-order valence-corrected chi connectivity index (χ1v) is 5.03. The van der Waals surface area contributed by atoms with E-state index in [0.717, 1.165) is 10.8 Å². The van der Waals surface area contributed by atoms with E-state index in [2.05, 4.69) is 20.9 Å². The van der Waals surface area contributed by atoms with Gasteiger partial charge < -0.3 is 4.57 Å². The van der Waals surface area contributed by atoms with Gasteiger partial charge >= 0.3 is 6.18 Å². The molecule has 2 heterocycles. The van der Waals surface area contributed by atoms with Crippen LogP contribution < -0.4 is 0 Å². The molecule has 0 aliphatic rings. The second-order valence-corrected chi connectivity index (χ2v) is 4.06. The van der Waals surface area contributed by atoms with E-state index in [1.165, 1.54) is 12.3 Å². The van der Waals surface area contributed by atoms with Crippen LogP contribution in [0.2, 0.25) is 0 Å². The molecule has 2 aromatic heterocycles. The van der Waals surface area contributed by atoms with Crippen molar-refractivity contribution in [1.82, 2.24) is 9.55 Å². The standard InChI is InChI=1S/C9H5BrF4N2/c10-8-1-7-5(2-15-8)6(11)3-16(7)4-9(12,13)14/h1-3H,4H2. The zero-order valence-corrected chi connectivity index (χ0v) is 9.31. The molecule has 0 saturated heterocycles. The van der Waals surface area contributed by atoms with E-state index in [-0.39, 0.29) is 10.9 Å². The number of rotatable bonds is 1. The average Bonchev–Trinajstić information content (AvgIpc) is 2.40. The van der Waals surface area contributed by atoms with Gasteiger partial charge in [0.05, 0.1) is 10.9 Å². The molecule has 0 spiro atoms. The molecule has 0 fully saturated rings. The van der Waals surface area contributed by atoms with Crippen molar-refractivity contribution in [3.05, 3.63) is 28.9 Å². The topological polar surface area (TPSA) is 17.8 Å². The Kier molecular flexibility index (Phi) is 2.65. The van der Waals surface area contributed by atoms with Gasteiger partial charge in [0.2, 0.25) is 0 Å². The zero-order chi connectivity index (χ0) is 11.9. The van der Waals surface area contributed by atoms with Gasteiger partial charge in [-0.25, -0.2) is 9.37 Å². The van der Waals surface area contributed by atoms with Gasteiger partial charge in [0.15, 0.2) is 0 Å².